The maximum Gasteiger partial charge on any atom is -0.0363 e. The van der Waals surface area contributed by atoms with Crippen molar-refractivity contribution in [2.45, 2.75) is 93.9 Å². The highest BCUT2D eigenvalue weighted by atomic mass is 14.3. The van der Waals surface area contributed by atoms with E-state index in [1.807, 2.05) is 27.7 Å². The molecular formula is C18H40. The van der Waals surface area contributed by atoms with Crippen LogP contribution in [0.3, 0.4) is 0 Å². The molecule has 0 heteroatoms. The van der Waals surface area contributed by atoms with Gasteiger partial charge < -0.3 is 0 Å². The van der Waals surface area contributed by atoms with Crippen molar-refractivity contribution < 1.29 is 0 Å². The van der Waals surface area contributed by atoms with Crippen LogP contribution in [-0.4, -0.2) is 0 Å². The van der Waals surface area contributed by atoms with Crippen molar-refractivity contribution in [3.05, 3.63) is 0 Å². The van der Waals surface area contributed by atoms with Crippen LogP contribution < -0.4 is 0 Å². The van der Waals surface area contributed by atoms with Crippen LogP contribution in [0.4, 0.5) is 0 Å². The van der Waals surface area contributed by atoms with Crippen molar-refractivity contribution in [2.75, 3.05) is 0 Å². The minimum Gasteiger partial charge on any atom is -0.0683 e. The summed E-state index contributed by atoms with van der Waals surface area (Å²) in [5, 5.41) is 0. The molecule has 3 unspecified atom stereocenters. The fraction of sp³-hybridized carbons (Fsp3) is 1.00. The molecule has 0 aromatic heterocycles. The highest BCUT2D eigenvalue weighted by Gasteiger charge is 2.27. The van der Waals surface area contributed by atoms with E-state index in [1.54, 1.807) is 0 Å². The summed E-state index contributed by atoms with van der Waals surface area (Å²) in [4.78, 5) is 0. The summed E-state index contributed by atoms with van der Waals surface area (Å²) in [5.74, 6) is 3.94. The molecule has 3 atom stereocenters. The fourth-order valence-corrected chi connectivity index (χ4v) is 3.00. The van der Waals surface area contributed by atoms with Crippen LogP contribution in [0.5, 0.6) is 0 Å². The summed E-state index contributed by atoms with van der Waals surface area (Å²) in [5.41, 5.74) is 0. The molecule has 1 saturated carbocycles. The molecule has 0 saturated heterocycles. The third-order valence-electron chi connectivity index (χ3n) is 4.47. The van der Waals surface area contributed by atoms with Gasteiger partial charge in [0.1, 0.15) is 0 Å². The molecule has 0 bridgehead atoms. The number of hydrogen-bond acceptors (Lipinski definition) is 0. The predicted molar refractivity (Wildman–Crippen MR) is 87.1 cm³/mol. The fourth-order valence-electron chi connectivity index (χ4n) is 3.00. The third-order valence-corrected chi connectivity index (χ3v) is 4.47. The molecule has 1 rings (SSSR count). The molecule has 0 heterocycles. The molecule has 1 aliphatic carbocycles. The Hall–Kier alpha value is 0. The average molecular weight is 257 g/mol. The summed E-state index contributed by atoms with van der Waals surface area (Å²) < 4.78 is 0. The van der Waals surface area contributed by atoms with Crippen molar-refractivity contribution in [1.82, 2.24) is 0 Å². The Morgan fingerprint density at radius 3 is 1.78 bits per heavy atom. The van der Waals surface area contributed by atoms with Gasteiger partial charge in [0.2, 0.25) is 0 Å². The second kappa shape index (κ2) is 13.4. The molecule has 1 fully saturated rings. The Balaban J connectivity index is 0. The van der Waals surface area contributed by atoms with Crippen molar-refractivity contribution in [2.24, 2.45) is 23.7 Å². The first-order chi connectivity index (χ1) is 8.65. The molecule has 112 valence electrons. The van der Waals surface area contributed by atoms with E-state index in [9.17, 15) is 0 Å². The van der Waals surface area contributed by atoms with Gasteiger partial charge >= 0.3 is 0 Å². The molecule has 0 spiro atoms. The van der Waals surface area contributed by atoms with Gasteiger partial charge in [-0.2, -0.15) is 0 Å². The van der Waals surface area contributed by atoms with Gasteiger partial charge in [-0.05, 0) is 30.1 Å². The minimum atomic E-state index is 0.941. The smallest absolute Gasteiger partial charge is 0.0363 e. The first-order valence-electron chi connectivity index (χ1n) is 8.65. The molecule has 0 aromatic carbocycles. The van der Waals surface area contributed by atoms with Crippen molar-refractivity contribution in [3.8, 4) is 0 Å². The van der Waals surface area contributed by atoms with Crippen LogP contribution in [0.25, 0.3) is 0 Å². The van der Waals surface area contributed by atoms with E-state index in [4.69, 9.17) is 0 Å². The second-order valence-corrected chi connectivity index (χ2v) is 5.64. The zero-order valence-corrected chi connectivity index (χ0v) is 14.6. The first-order valence-corrected chi connectivity index (χ1v) is 8.65. The third kappa shape index (κ3) is 8.16. The van der Waals surface area contributed by atoms with Crippen molar-refractivity contribution in [3.63, 3.8) is 0 Å². The van der Waals surface area contributed by atoms with Gasteiger partial charge in [0.15, 0.2) is 0 Å². The summed E-state index contributed by atoms with van der Waals surface area (Å²) >= 11 is 0. The SMILES string of the molecule is CC.CC.CCC(C)CCC1C(C)CCCC1C. The molecule has 0 amide bonds. The summed E-state index contributed by atoms with van der Waals surface area (Å²) in [7, 11) is 0. The Kier molecular flexibility index (Phi) is 15.2. The molecule has 0 aliphatic heterocycles. The maximum atomic E-state index is 2.47. The van der Waals surface area contributed by atoms with Crippen molar-refractivity contribution >= 4 is 0 Å². The lowest BCUT2D eigenvalue weighted by molar-refractivity contribution is 0.158. The van der Waals surface area contributed by atoms with E-state index in [0.717, 1.165) is 23.7 Å². The van der Waals surface area contributed by atoms with Crippen LogP contribution >= 0.6 is 0 Å². The van der Waals surface area contributed by atoms with Crippen LogP contribution in [-0.2, 0) is 0 Å². The molecular weight excluding hydrogens is 216 g/mol. The van der Waals surface area contributed by atoms with Gasteiger partial charge in [-0.15, -0.1) is 0 Å². The Labute approximate surface area is 118 Å². The highest BCUT2D eigenvalue weighted by Crippen LogP contribution is 2.37. The van der Waals surface area contributed by atoms with E-state index in [2.05, 4.69) is 27.7 Å². The Morgan fingerprint density at radius 2 is 1.39 bits per heavy atom. The van der Waals surface area contributed by atoms with Gasteiger partial charge in [0, 0.05) is 0 Å². The maximum absolute atomic E-state index is 2.47. The highest BCUT2D eigenvalue weighted by molar-refractivity contribution is 4.77. The second-order valence-electron chi connectivity index (χ2n) is 5.64. The molecule has 18 heavy (non-hydrogen) atoms. The zero-order valence-electron chi connectivity index (χ0n) is 14.6. The van der Waals surface area contributed by atoms with Gasteiger partial charge in [-0.3, -0.25) is 0 Å². The average Bonchev–Trinajstić information content (AvgIpc) is 2.42. The monoisotopic (exact) mass is 256 g/mol. The molecule has 0 nitrogen and oxygen atoms in total. The number of hydrogen-bond donors (Lipinski definition) is 0. The van der Waals surface area contributed by atoms with Crippen molar-refractivity contribution in [1.29, 1.82) is 0 Å². The lowest BCUT2D eigenvalue weighted by Gasteiger charge is -2.35. The quantitative estimate of drug-likeness (QED) is 0.511. The van der Waals surface area contributed by atoms with E-state index >= 15 is 0 Å². The lowest BCUT2D eigenvalue weighted by Crippen LogP contribution is -2.25. The van der Waals surface area contributed by atoms with Crippen LogP contribution in [0, 0.1) is 23.7 Å². The normalized spacial score (nSPS) is 28.3. The Bertz CT molecular complexity index is 140. The van der Waals surface area contributed by atoms with Gasteiger partial charge in [-0.25, -0.2) is 0 Å². The van der Waals surface area contributed by atoms with Crippen LogP contribution in [0.15, 0.2) is 0 Å². The first kappa shape index (κ1) is 20.3. The van der Waals surface area contributed by atoms with Gasteiger partial charge in [-0.1, -0.05) is 87.5 Å². The summed E-state index contributed by atoms with van der Waals surface area (Å²) in [6.07, 6.45) is 8.73. The molecule has 1 aliphatic rings. The Morgan fingerprint density at radius 1 is 0.944 bits per heavy atom. The predicted octanol–water partition coefficient (Wildman–Crippen LogP) is 6.94. The van der Waals surface area contributed by atoms with E-state index < -0.39 is 0 Å². The molecule has 0 radical (unpaired) electrons. The standard InChI is InChI=1S/C14H28.2C2H6/c1-5-11(2)9-10-14-12(3)7-6-8-13(14)4;2*1-2/h11-14H,5-10H2,1-4H3;2*1-2H3. The van der Waals surface area contributed by atoms with Crippen LogP contribution in [0.1, 0.15) is 93.9 Å². The summed E-state index contributed by atoms with van der Waals surface area (Å²) in [6.45, 7) is 17.7. The van der Waals surface area contributed by atoms with E-state index in [1.165, 1.54) is 38.5 Å². The topological polar surface area (TPSA) is 0 Å². The van der Waals surface area contributed by atoms with E-state index in [0.29, 0.717) is 0 Å². The largest absolute Gasteiger partial charge is 0.0683 e. The molecule has 0 aromatic rings. The molecule has 0 N–H and O–H groups in total. The van der Waals surface area contributed by atoms with Gasteiger partial charge in [0.25, 0.3) is 0 Å². The minimum absolute atomic E-state index is 0.941. The zero-order chi connectivity index (χ0) is 14.6. The summed E-state index contributed by atoms with van der Waals surface area (Å²) in [6, 6.07) is 0. The van der Waals surface area contributed by atoms with Crippen LogP contribution in [0.2, 0.25) is 0 Å². The number of rotatable bonds is 4. The van der Waals surface area contributed by atoms with Gasteiger partial charge in [0.05, 0.1) is 0 Å². The van der Waals surface area contributed by atoms with E-state index in [-0.39, 0.29) is 0 Å². The lowest BCUT2D eigenvalue weighted by atomic mass is 9.71.